The number of nitrogens with one attached hydrogen (secondary N) is 1. The zero-order valence-corrected chi connectivity index (χ0v) is 15.5. The lowest BCUT2D eigenvalue weighted by atomic mass is 9.99. The van der Waals surface area contributed by atoms with Gasteiger partial charge in [-0.05, 0) is 72.5 Å². The fourth-order valence-corrected chi connectivity index (χ4v) is 3.89. The molecule has 4 nitrogen and oxygen atoms in total. The van der Waals surface area contributed by atoms with Crippen LogP contribution in [0.15, 0.2) is 52.3 Å². The van der Waals surface area contributed by atoms with Crippen LogP contribution in [0.3, 0.4) is 0 Å². The quantitative estimate of drug-likeness (QED) is 0.588. The van der Waals surface area contributed by atoms with Gasteiger partial charge >= 0.3 is 0 Å². The fraction of sp³-hybridized carbons (Fsp3) is 0.278. The summed E-state index contributed by atoms with van der Waals surface area (Å²) in [5.74, 6) is 0.405. The number of thioether (sulfide) groups is 1. The Morgan fingerprint density at radius 3 is 2.42 bits per heavy atom. The van der Waals surface area contributed by atoms with Gasteiger partial charge in [0.2, 0.25) is 0 Å². The van der Waals surface area contributed by atoms with Crippen molar-refractivity contribution >= 4 is 27.5 Å². The number of anilines is 1. The molecular weight excluding hydrogens is 340 g/mol. The van der Waals surface area contributed by atoms with E-state index >= 15 is 0 Å². The van der Waals surface area contributed by atoms with Crippen molar-refractivity contribution in [2.75, 3.05) is 4.72 Å². The minimum absolute atomic E-state index is 0.240. The standard InChI is InChI=1S/C18H20N2O2S2/c1-4-13(2)15-5-8-17(9-6-15)24(21,22)20-18-10-7-16(23-12-19)11-14(18)3/h5-11,13,20H,4H2,1-3H3/t13-/m1/s1. The smallest absolute Gasteiger partial charge is 0.261 e. The minimum atomic E-state index is -3.63. The lowest BCUT2D eigenvalue weighted by molar-refractivity contribution is 0.601. The SMILES string of the molecule is CC[C@@H](C)c1ccc(S(=O)(=O)Nc2ccc(SC#N)cc2C)cc1. The van der Waals surface area contributed by atoms with E-state index in [1.807, 2.05) is 24.5 Å². The van der Waals surface area contributed by atoms with E-state index in [0.29, 0.717) is 11.6 Å². The molecule has 0 radical (unpaired) electrons. The zero-order chi connectivity index (χ0) is 17.7. The van der Waals surface area contributed by atoms with Gasteiger partial charge in [0, 0.05) is 4.90 Å². The Balaban J connectivity index is 2.24. The Kier molecular flexibility index (Phi) is 5.92. The van der Waals surface area contributed by atoms with Gasteiger partial charge in [-0.15, -0.1) is 0 Å². The maximum absolute atomic E-state index is 12.5. The summed E-state index contributed by atoms with van der Waals surface area (Å²) in [6, 6.07) is 12.2. The molecule has 0 unspecified atom stereocenters. The second-order valence-electron chi connectivity index (χ2n) is 5.65. The number of nitrogens with zero attached hydrogens (tertiary/aromatic N) is 1. The third kappa shape index (κ3) is 4.31. The highest BCUT2D eigenvalue weighted by Gasteiger charge is 2.16. The van der Waals surface area contributed by atoms with E-state index in [-0.39, 0.29) is 4.90 Å². The third-order valence-electron chi connectivity index (χ3n) is 3.98. The van der Waals surface area contributed by atoms with Crippen molar-refractivity contribution < 1.29 is 8.42 Å². The first-order chi connectivity index (χ1) is 11.4. The number of sulfonamides is 1. The number of hydrogen-bond acceptors (Lipinski definition) is 4. The van der Waals surface area contributed by atoms with Gasteiger partial charge in [0.1, 0.15) is 5.40 Å². The molecule has 2 rings (SSSR count). The van der Waals surface area contributed by atoms with E-state index in [9.17, 15) is 8.42 Å². The molecule has 0 bridgehead atoms. The van der Waals surface area contributed by atoms with Crippen LogP contribution in [-0.4, -0.2) is 8.42 Å². The fourth-order valence-electron chi connectivity index (χ4n) is 2.28. The lowest BCUT2D eigenvalue weighted by Crippen LogP contribution is -2.13. The van der Waals surface area contributed by atoms with Crippen molar-refractivity contribution in [2.24, 2.45) is 0 Å². The predicted octanol–water partition coefficient (Wildman–Crippen LogP) is 4.88. The zero-order valence-electron chi connectivity index (χ0n) is 13.9. The van der Waals surface area contributed by atoms with Crippen molar-refractivity contribution in [3.63, 3.8) is 0 Å². The van der Waals surface area contributed by atoms with Crippen molar-refractivity contribution in [1.82, 2.24) is 0 Å². The van der Waals surface area contributed by atoms with Gasteiger partial charge in [-0.3, -0.25) is 4.72 Å². The largest absolute Gasteiger partial charge is 0.279 e. The van der Waals surface area contributed by atoms with Gasteiger partial charge in [-0.1, -0.05) is 26.0 Å². The van der Waals surface area contributed by atoms with Crippen molar-refractivity contribution in [3.05, 3.63) is 53.6 Å². The molecule has 0 saturated heterocycles. The Morgan fingerprint density at radius 2 is 1.88 bits per heavy atom. The molecule has 0 fully saturated rings. The first-order valence-corrected chi connectivity index (χ1v) is 9.96. The monoisotopic (exact) mass is 360 g/mol. The number of hydrogen-bond donors (Lipinski definition) is 1. The summed E-state index contributed by atoms with van der Waals surface area (Å²) in [6.45, 7) is 6.03. The van der Waals surface area contributed by atoms with Crippen LogP contribution in [0, 0.1) is 17.6 Å². The van der Waals surface area contributed by atoms with Gasteiger partial charge in [0.05, 0.1) is 10.6 Å². The highest BCUT2D eigenvalue weighted by Crippen LogP contribution is 2.26. The summed E-state index contributed by atoms with van der Waals surface area (Å²) < 4.78 is 27.7. The highest BCUT2D eigenvalue weighted by molar-refractivity contribution is 8.03. The van der Waals surface area contributed by atoms with Gasteiger partial charge < -0.3 is 0 Å². The van der Waals surface area contributed by atoms with Crippen LogP contribution in [0.2, 0.25) is 0 Å². The Bertz CT molecular complexity index is 854. The van der Waals surface area contributed by atoms with Crippen LogP contribution in [0.25, 0.3) is 0 Å². The molecule has 0 heterocycles. The number of rotatable bonds is 6. The molecule has 2 aromatic rings. The van der Waals surface area contributed by atoms with Gasteiger partial charge in [0.25, 0.3) is 10.0 Å². The Hall–Kier alpha value is -1.97. The second-order valence-corrected chi connectivity index (χ2v) is 8.19. The van der Waals surface area contributed by atoms with Crippen LogP contribution in [-0.2, 0) is 10.0 Å². The molecule has 1 N–H and O–H groups in total. The molecule has 0 amide bonds. The van der Waals surface area contributed by atoms with Gasteiger partial charge in [-0.25, -0.2) is 8.42 Å². The minimum Gasteiger partial charge on any atom is -0.279 e. The molecule has 126 valence electrons. The Morgan fingerprint density at radius 1 is 1.21 bits per heavy atom. The van der Waals surface area contributed by atoms with E-state index in [0.717, 1.165) is 34.2 Å². The normalized spacial score (nSPS) is 12.4. The third-order valence-corrected chi connectivity index (χ3v) is 5.94. The van der Waals surface area contributed by atoms with E-state index in [1.165, 1.54) is 0 Å². The molecule has 0 spiro atoms. The molecular formula is C18H20N2O2S2. The molecule has 0 aliphatic carbocycles. The number of benzene rings is 2. The molecule has 6 heteroatoms. The molecule has 0 aliphatic rings. The van der Waals surface area contributed by atoms with E-state index in [2.05, 4.69) is 18.6 Å². The van der Waals surface area contributed by atoms with Crippen LogP contribution in [0.1, 0.15) is 37.3 Å². The average Bonchev–Trinajstić information content (AvgIpc) is 2.57. The van der Waals surface area contributed by atoms with Crippen LogP contribution >= 0.6 is 11.8 Å². The van der Waals surface area contributed by atoms with Crippen LogP contribution in [0.5, 0.6) is 0 Å². The van der Waals surface area contributed by atoms with Crippen molar-refractivity contribution in [3.8, 4) is 5.40 Å². The number of aryl methyl sites for hydroxylation is 1. The number of thiocyanates is 1. The maximum atomic E-state index is 12.5. The summed E-state index contributed by atoms with van der Waals surface area (Å²) in [5.41, 5.74) is 2.42. The summed E-state index contributed by atoms with van der Waals surface area (Å²) in [7, 11) is -3.63. The highest BCUT2D eigenvalue weighted by atomic mass is 32.2. The lowest BCUT2D eigenvalue weighted by Gasteiger charge is -2.13. The molecule has 0 saturated carbocycles. The van der Waals surface area contributed by atoms with E-state index in [4.69, 9.17) is 5.26 Å². The van der Waals surface area contributed by atoms with E-state index in [1.54, 1.807) is 30.3 Å². The molecule has 1 atom stereocenters. The molecule has 24 heavy (non-hydrogen) atoms. The van der Waals surface area contributed by atoms with Crippen LogP contribution < -0.4 is 4.72 Å². The van der Waals surface area contributed by atoms with Gasteiger partial charge in [0.15, 0.2) is 0 Å². The maximum Gasteiger partial charge on any atom is 0.261 e. The van der Waals surface area contributed by atoms with E-state index < -0.39 is 10.0 Å². The van der Waals surface area contributed by atoms with Crippen LogP contribution in [0.4, 0.5) is 5.69 Å². The first-order valence-electron chi connectivity index (χ1n) is 7.66. The molecule has 0 aliphatic heterocycles. The summed E-state index contributed by atoms with van der Waals surface area (Å²) in [5, 5.41) is 10.7. The topological polar surface area (TPSA) is 70.0 Å². The summed E-state index contributed by atoms with van der Waals surface area (Å²) in [6.07, 6.45) is 1.01. The average molecular weight is 361 g/mol. The molecule has 0 aromatic heterocycles. The molecule has 2 aromatic carbocycles. The van der Waals surface area contributed by atoms with Crippen molar-refractivity contribution in [1.29, 1.82) is 5.26 Å². The summed E-state index contributed by atoms with van der Waals surface area (Å²) >= 11 is 1.05. The second kappa shape index (κ2) is 7.73. The summed E-state index contributed by atoms with van der Waals surface area (Å²) in [4.78, 5) is 1.03. The first kappa shape index (κ1) is 18.4. The Labute approximate surface area is 148 Å². The predicted molar refractivity (Wildman–Crippen MR) is 98.6 cm³/mol. The van der Waals surface area contributed by atoms with Gasteiger partial charge in [-0.2, -0.15) is 5.26 Å². The van der Waals surface area contributed by atoms with Crippen molar-refractivity contribution in [2.45, 2.75) is 42.9 Å². The number of nitriles is 1.